The van der Waals surface area contributed by atoms with Crippen LogP contribution in [0.4, 0.5) is 15.8 Å². The Bertz CT molecular complexity index is 481. The molecule has 0 aromatic heterocycles. The van der Waals surface area contributed by atoms with Gasteiger partial charge in [-0.05, 0) is 18.9 Å². The van der Waals surface area contributed by atoms with Crippen molar-refractivity contribution in [1.29, 1.82) is 0 Å². The van der Waals surface area contributed by atoms with Crippen LogP contribution in [0.25, 0.3) is 0 Å². The van der Waals surface area contributed by atoms with Gasteiger partial charge in [-0.15, -0.1) is 0 Å². The summed E-state index contributed by atoms with van der Waals surface area (Å²) in [5, 5.41) is 0.0281. The van der Waals surface area contributed by atoms with Gasteiger partial charge < -0.3 is 16.4 Å². The molecule has 2 rings (SSSR count). The predicted octanol–water partition coefficient (Wildman–Crippen LogP) is 1.76. The molecule has 1 unspecified atom stereocenters. The van der Waals surface area contributed by atoms with Crippen molar-refractivity contribution in [1.82, 2.24) is 0 Å². The van der Waals surface area contributed by atoms with Crippen molar-refractivity contribution in [2.45, 2.75) is 12.8 Å². The SMILES string of the molecule is NC(=O)C1CCCN(c2cc(Cl)c(F)cc2N)C1. The fraction of sp³-hybridized carbons (Fsp3) is 0.417. The van der Waals surface area contributed by atoms with Crippen LogP contribution in [0.15, 0.2) is 12.1 Å². The Morgan fingerprint density at radius 3 is 2.89 bits per heavy atom. The molecule has 0 spiro atoms. The minimum Gasteiger partial charge on any atom is -0.397 e. The highest BCUT2D eigenvalue weighted by molar-refractivity contribution is 6.31. The van der Waals surface area contributed by atoms with Gasteiger partial charge in [-0.2, -0.15) is 0 Å². The lowest BCUT2D eigenvalue weighted by Gasteiger charge is -2.33. The highest BCUT2D eigenvalue weighted by atomic mass is 35.5. The van der Waals surface area contributed by atoms with E-state index in [2.05, 4.69) is 0 Å². The highest BCUT2D eigenvalue weighted by Gasteiger charge is 2.25. The van der Waals surface area contributed by atoms with Crippen LogP contribution in [-0.4, -0.2) is 19.0 Å². The molecule has 0 bridgehead atoms. The Balaban J connectivity index is 2.26. The number of halogens is 2. The minimum atomic E-state index is -0.540. The molecule has 1 aliphatic heterocycles. The van der Waals surface area contributed by atoms with Crippen LogP contribution in [0.3, 0.4) is 0 Å². The molecule has 6 heteroatoms. The number of piperidine rings is 1. The quantitative estimate of drug-likeness (QED) is 0.805. The van der Waals surface area contributed by atoms with Gasteiger partial charge in [0, 0.05) is 19.2 Å². The number of hydrogen-bond donors (Lipinski definition) is 2. The number of rotatable bonds is 2. The van der Waals surface area contributed by atoms with Gasteiger partial charge in [0.1, 0.15) is 5.82 Å². The van der Waals surface area contributed by atoms with E-state index in [0.717, 1.165) is 19.4 Å². The molecule has 1 aromatic rings. The summed E-state index contributed by atoms with van der Waals surface area (Å²) in [4.78, 5) is 13.1. The second kappa shape index (κ2) is 5.02. The van der Waals surface area contributed by atoms with Gasteiger partial charge in [0.05, 0.1) is 22.3 Å². The van der Waals surface area contributed by atoms with Gasteiger partial charge in [-0.25, -0.2) is 4.39 Å². The van der Waals surface area contributed by atoms with E-state index in [1.165, 1.54) is 12.1 Å². The summed E-state index contributed by atoms with van der Waals surface area (Å²) in [6, 6.07) is 2.70. The zero-order valence-electron chi connectivity index (χ0n) is 9.83. The minimum absolute atomic E-state index is 0.0281. The van der Waals surface area contributed by atoms with Gasteiger partial charge in [-0.1, -0.05) is 11.6 Å². The van der Waals surface area contributed by atoms with E-state index in [9.17, 15) is 9.18 Å². The summed E-state index contributed by atoms with van der Waals surface area (Å²) in [6.07, 6.45) is 1.63. The average molecular weight is 272 g/mol. The summed E-state index contributed by atoms with van der Waals surface area (Å²) in [5.41, 5.74) is 12.1. The first-order valence-electron chi connectivity index (χ1n) is 5.78. The van der Waals surface area contributed by atoms with Crippen LogP contribution in [-0.2, 0) is 4.79 Å². The summed E-state index contributed by atoms with van der Waals surface area (Å²) >= 11 is 5.76. The number of nitrogens with two attached hydrogens (primary N) is 2. The zero-order valence-corrected chi connectivity index (χ0v) is 10.6. The first-order valence-corrected chi connectivity index (χ1v) is 6.15. The van der Waals surface area contributed by atoms with Gasteiger partial charge in [-0.3, -0.25) is 4.79 Å². The number of carbonyl (C=O) groups is 1. The molecule has 4 nitrogen and oxygen atoms in total. The third-order valence-electron chi connectivity index (χ3n) is 3.23. The van der Waals surface area contributed by atoms with Crippen molar-refractivity contribution < 1.29 is 9.18 Å². The first kappa shape index (κ1) is 13.0. The van der Waals surface area contributed by atoms with Gasteiger partial charge in [0.2, 0.25) is 5.91 Å². The number of amides is 1. The van der Waals surface area contributed by atoms with E-state index in [1.54, 1.807) is 0 Å². The number of carbonyl (C=O) groups excluding carboxylic acids is 1. The summed E-state index contributed by atoms with van der Waals surface area (Å²) in [7, 11) is 0. The second-order valence-corrected chi connectivity index (χ2v) is 4.92. The largest absolute Gasteiger partial charge is 0.397 e. The number of nitrogen functional groups attached to an aromatic ring is 1. The van der Waals surface area contributed by atoms with Crippen LogP contribution in [0, 0.1) is 11.7 Å². The molecule has 98 valence electrons. The molecule has 1 fully saturated rings. The monoisotopic (exact) mass is 271 g/mol. The van der Waals surface area contributed by atoms with Crippen molar-refractivity contribution in [3.8, 4) is 0 Å². The summed E-state index contributed by atoms with van der Waals surface area (Å²) in [5.74, 6) is -1.05. The van der Waals surface area contributed by atoms with Crippen LogP contribution >= 0.6 is 11.6 Å². The molecule has 18 heavy (non-hydrogen) atoms. The van der Waals surface area contributed by atoms with E-state index in [-0.39, 0.29) is 16.8 Å². The van der Waals surface area contributed by atoms with Gasteiger partial charge in [0.15, 0.2) is 0 Å². The van der Waals surface area contributed by atoms with Crippen LogP contribution < -0.4 is 16.4 Å². The first-order chi connectivity index (χ1) is 8.49. The van der Waals surface area contributed by atoms with Crippen LogP contribution in [0.2, 0.25) is 5.02 Å². The topological polar surface area (TPSA) is 72.4 Å². The summed E-state index contributed by atoms with van der Waals surface area (Å²) in [6.45, 7) is 1.26. The summed E-state index contributed by atoms with van der Waals surface area (Å²) < 4.78 is 13.2. The van der Waals surface area contributed by atoms with E-state index in [1.807, 2.05) is 4.90 Å². The number of anilines is 2. The van der Waals surface area contributed by atoms with E-state index >= 15 is 0 Å². The molecular formula is C12H15ClFN3O. The maximum Gasteiger partial charge on any atom is 0.222 e. The molecule has 1 amide bonds. The van der Waals surface area contributed by atoms with E-state index < -0.39 is 5.82 Å². The Labute approximate surface area is 110 Å². The Morgan fingerprint density at radius 2 is 2.22 bits per heavy atom. The fourth-order valence-corrected chi connectivity index (χ4v) is 2.41. The number of primary amides is 1. The molecule has 1 aliphatic rings. The molecule has 1 aromatic carbocycles. The smallest absolute Gasteiger partial charge is 0.222 e. The Hall–Kier alpha value is -1.49. The predicted molar refractivity (Wildman–Crippen MR) is 70.0 cm³/mol. The number of nitrogens with zero attached hydrogens (tertiary/aromatic N) is 1. The Kier molecular flexibility index (Phi) is 3.61. The van der Waals surface area contributed by atoms with Crippen molar-refractivity contribution in [2.75, 3.05) is 23.7 Å². The maximum atomic E-state index is 13.2. The number of hydrogen-bond acceptors (Lipinski definition) is 3. The molecule has 1 atom stereocenters. The molecule has 4 N–H and O–H groups in total. The lowest BCUT2D eigenvalue weighted by atomic mass is 9.97. The fourth-order valence-electron chi connectivity index (χ4n) is 2.25. The second-order valence-electron chi connectivity index (χ2n) is 4.51. The standard InChI is InChI=1S/C12H15ClFN3O/c13-8-4-11(10(15)5-9(8)14)17-3-1-2-7(6-17)12(16)18/h4-5,7H,1-3,6,15H2,(H2,16,18). The Morgan fingerprint density at radius 1 is 1.50 bits per heavy atom. The molecule has 1 saturated heterocycles. The van der Waals surface area contributed by atoms with Crippen molar-refractivity contribution >= 4 is 28.9 Å². The molecule has 0 radical (unpaired) electrons. The van der Waals surface area contributed by atoms with Crippen LogP contribution in [0.5, 0.6) is 0 Å². The zero-order chi connectivity index (χ0) is 13.3. The van der Waals surface area contributed by atoms with Crippen molar-refractivity contribution in [3.05, 3.63) is 23.0 Å². The van der Waals surface area contributed by atoms with Gasteiger partial charge in [0.25, 0.3) is 0 Å². The maximum absolute atomic E-state index is 13.2. The normalized spacial score (nSPS) is 19.9. The van der Waals surface area contributed by atoms with Crippen molar-refractivity contribution in [3.63, 3.8) is 0 Å². The van der Waals surface area contributed by atoms with Crippen molar-refractivity contribution in [2.24, 2.45) is 11.7 Å². The molecule has 0 saturated carbocycles. The average Bonchev–Trinajstić information content (AvgIpc) is 2.34. The van der Waals surface area contributed by atoms with E-state index in [4.69, 9.17) is 23.1 Å². The molecule has 1 heterocycles. The van der Waals surface area contributed by atoms with Crippen LogP contribution in [0.1, 0.15) is 12.8 Å². The molecule has 0 aliphatic carbocycles. The highest BCUT2D eigenvalue weighted by Crippen LogP contribution is 2.32. The number of benzene rings is 1. The van der Waals surface area contributed by atoms with E-state index in [0.29, 0.717) is 17.9 Å². The molecular weight excluding hydrogens is 257 g/mol. The lowest BCUT2D eigenvalue weighted by Crippen LogP contribution is -2.41. The third-order valence-corrected chi connectivity index (χ3v) is 3.52. The van der Waals surface area contributed by atoms with Gasteiger partial charge >= 0.3 is 0 Å². The third kappa shape index (κ3) is 2.51. The lowest BCUT2D eigenvalue weighted by molar-refractivity contribution is -0.122.